The van der Waals surface area contributed by atoms with Crippen molar-refractivity contribution in [3.63, 3.8) is 0 Å². The topological polar surface area (TPSA) is 80.8 Å². The van der Waals surface area contributed by atoms with Gasteiger partial charge in [0.15, 0.2) is 11.2 Å². The van der Waals surface area contributed by atoms with E-state index in [0.29, 0.717) is 23.0 Å². The van der Waals surface area contributed by atoms with E-state index in [1.54, 1.807) is 7.05 Å². The maximum Gasteiger partial charge on any atom is 0.332 e. The molecule has 1 N–H and O–H groups in total. The van der Waals surface area contributed by atoms with E-state index in [1.807, 2.05) is 0 Å². The van der Waals surface area contributed by atoms with Crippen LogP contribution < -0.4 is 16.1 Å². The Hall–Kier alpha value is -3.29. The molecular weight excluding hydrogens is 440 g/mol. The molecule has 0 spiro atoms. The van der Waals surface area contributed by atoms with E-state index < -0.39 is 0 Å². The van der Waals surface area contributed by atoms with Crippen LogP contribution in [0.2, 0.25) is 0 Å². The Balaban J connectivity index is 1.34. The van der Waals surface area contributed by atoms with Gasteiger partial charge < -0.3 is 14.5 Å². The summed E-state index contributed by atoms with van der Waals surface area (Å²) >= 11 is 0. The number of hydrogen-bond acceptors (Lipinski definition) is 4. The standard InChI is InChI=1S/C27H32N6O2/c1-30-24-22(25(34)31(2)27(30)35)28-26(29-24)33-14-13-32-20-12-11-17(16-7-4-3-5-8-16)15-19(20)18-9-6-10-21(33)23(18)32/h11-12,15-16,21H,3-10,13-14H2,1-2H3,(H,28,29). The predicted molar refractivity (Wildman–Crippen MR) is 137 cm³/mol. The van der Waals surface area contributed by atoms with Crippen LogP contribution in [-0.2, 0) is 27.1 Å². The number of nitrogens with zero attached hydrogens (tertiary/aromatic N) is 5. The molecule has 8 heteroatoms. The first-order valence-corrected chi connectivity index (χ1v) is 13.1. The third-order valence-corrected chi connectivity index (χ3v) is 8.83. The number of aryl methyl sites for hydroxylation is 2. The summed E-state index contributed by atoms with van der Waals surface area (Å²) in [6.07, 6.45) is 10.0. The summed E-state index contributed by atoms with van der Waals surface area (Å²) < 4.78 is 5.13. The second kappa shape index (κ2) is 7.60. The minimum Gasteiger partial charge on any atom is -0.341 e. The lowest BCUT2D eigenvalue weighted by atomic mass is 9.83. The van der Waals surface area contributed by atoms with Gasteiger partial charge in [0.1, 0.15) is 0 Å². The zero-order valence-corrected chi connectivity index (χ0v) is 20.5. The zero-order valence-electron chi connectivity index (χ0n) is 20.5. The first kappa shape index (κ1) is 21.0. The summed E-state index contributed by atoms with van der Waals surface area (Å²) in [6, 6.07) is 7.47. The van der Waals surface area contributed by atoms with Gasteiger partial charge in [-0.15, -0.1) is 0 Å². The summed E-state index contributed by atoms with van der Waals surface area (Å²) in [5.74, 6) is 1.40. The van der Waals surface area contributed by atoms with Crippen molar-refractivity contribution >= 4 is 28.0 Å². The molecule has 1 aliphatic heterocycles. The van der Waals surface area contributed by atoms with Crippen LogP contribution in [0.5, 0.6) is 0 Å². The van der Waals surface area contributed by atoms with E-state index in [2.05, 4.69) is 32.7 Å². The Morgan fingerprint density at radius 2 is 1.80 bits per heavy atom. The molecule has 1 atom stereocenters. The smallest absolute Gasteiger partial charge is 0.332 e. The van der Waals surface area contributed by atoms with Crippen LogP contribution >= 0.6 is 0 Å². The van der Waals surface area contributed by atoms with E-state index >= 15 is 0 Å². The molecule has 3 aromatic heterocycles. The van der Waals surface area contributed by atoms with Gasteiger partial charge in [0, 0.05) is 43.8 Å². The molecule has 0 radical (unpaired) electrons. The molecule has 35 heavy (non-hydrogen) atoms. The van der Waals surface area contributed by atoms with Crippen molar-refractivity contribution in [2.24, 2.45) is 14.1 Å². The fourth-order valence-corrected chi connectivity index (χ4v) is 7.02. The van der Waals surface area contributed by atoms with Gasteiger partial charge >= 0.3 is 5.69 Å². The average molecular weight is 473 g/mol. The van der Waals surface area contributed by atoms with Crippen molar-refractivity contribution < 1.29 is 0 Å². The molecule has 0 saturated heterocycles. The second-order valence-corrected chi connectivity index (χ2v) is 10.7. The minimum atomic E-state index is -0.354. The van der Waals surface area contributed by atoms with Crippen LogP contribution in [0.4, 0.5) is 5.95 Å². The maximum absolute atomic E-state index is 12.7. The number of fused-ring (bicyclic) bond motifs is 4. The van der Waals surface area contributed by atoms with Crippen molar-refractivity contribution in [1.82, 2.24) is 23.7 Å². The fraction of sp³-hybridized carbons (Fsp3) is 0.519. The molecular formula is C27H32N6O2. The van der Waals surface area contributed by atoms with Gasteiger partial charge in [0.25, 0.3) is 5.56 Å². The highest BCUT2D eigenvalue weighted by atomic mass is 16.2. The number of rotatable bonds is 2. The number of nitrogens with one attached hydrogen (secondary N) is 1. The van der Waals surface area contributed by atoms with Gasteiger partial charge in [0.05, 0.1) is 6.04 Å². The third-order valence-electron chi connectivity index (χ3n) is 8.83. The Morgan fingerprint density at radius 1 is 0.971 bits per heavy atom. The lowest BCUT2D eigenvalue weighted by Crippen LogP contribution is -2.40. The van der Waals surface area contributed by atoms with E-state index in [0.717, 1.165) is 36.9 Å². The van der Waals surface area contributed by atoms with Gasteiger partial charge in [-0.1, -0.05) is 25.3 Å². The molecule has 8 nitrogen and oxygen atoms in total. The summed E-state index contributed by atoms with van der Waals surface area (Å²) in [5, 5.41) is 1.44. The van der Waals surface area contributed by atoms with Crippen molar-refractivity contribution in [3.8, 4) is 0 Å². The number of benzene rings is 1. The van der Waals surface area contributed by atoms with Crippen LogP contribution in [0.1, 0.15) is 73.7 Å². The molecule has 0 bridgehead atoms. The molecule has 4 aromatic rings. The van der Waals surface area contributed by atoms with Gasteiger partial charge in [-0.3, -0.25) is 13.9 Å². The largest absolute Gasteiger partial charge is 0.341 e. The average Bonchev–Trinajstić information content (AvgIpc) is 3.48. The number of imidazole rings is 1. The summed E-state index contributed by atoms with van der Waals surface area (Å²) in [7, 11) is 3.18. The molecule has 3 aliphatic rings. The Kier molecular flexibility index (Phi) is 4.57. The van der Waals surface area contributed by atoms with Gasteiger partial charge in [-0.05, 0) is 61.3 Å². The monoisotopic (exact) mass is 472 g/mol. The first-order chi connectivity index (χ1) is 17.0. The first-order valence-electron chi connectivity index (χ1n) is 13.1. The van der Waals surface area contributed by atoms with Crippen LogP contribution in [-0.4, -0.2) is 30.2 Å². The van der Waals surface area contributed by atoms with E-state index in [9.17, 15) is 9.59 Å². The highest BCUT2D eigenvalue weighted by molar-refractivity contribution is 5.87. The molecule has 2 aliphatic carbocycles. The van der Waals surface area contributed by atoms with Gasteiger partial charge in [-0.25, -0.2) is 4.79 Å². The highest BCUT2D eigenvalue weighted by Crippen LogP contribution is 2.45. The van der Waals surface area contributed by atoms with Crippen molar-refractivity contribution in [1.29, 1.82) is 0 Å². The number of aromatic nitrogens is 5. The molecule has 7 rings (SSSR count). The van der Waals surface area contributed by atoms with Crippen molar-refractivity contribution in [3.05, 3.63) is 55.9 Å². The number of hydrogen-bond donors (Lipinski definition) is 1. The van der Waals surface area contributed by atoms with E-state index in [1.165, 1.54) is 71.4 Å². The van der Waals surface area contributed by atoms with Gasteiger partial charge in [0.2, 0.25) is 5.95 Å². The van der Waals surface area contributed by atoms with Crippen molar-refractivity contribution in [2.45, 2.75) is 69.9 Å². The molecule has 1 saturated carbocycles. The summed E-state index contributed by atoms with van der Waals surface area (Å²) in [4.78, 5) is 35.5. The van der Waals surface area contributed by atoms with Crippen LogP contribution in [0.25, 0.3) is 22.1 Å². The Labute approximate surface area is 203 Å². The summed E-state index contributed by atoms with van der Waals surface area (Å²) in [6.45, 7) is 1.71. The molecule has 1 unspecified atom stereocenters. The number of aromatic amines is 1. The van der Waals surface area contributed by atoms with Crippen molar-refractivity contribution in [2.75, 3.05) is 11.4 Å². The van der Waals surface area contributed by atoms with Crippen LogP contribution in [0.15, 0.2) is 27.8 Å². The summed E-state index contributed by atoms with van der Waals surface area (Å²) in [5.41, 5.74) is 5.93. The molecule has 1 aromatic carbocycles. The predicted octanol–water partition coefficient (Wildman–Crippen LogP) is 3.86. The lowest BCUT2D eigenvalue weighted by molar-refractivity contribution is 0.432. The molecule has 0 amide bonds. The zero-order chi connectivity index (χ0) is 23.8. The fourth-order valence-electron chi connectivity index (χ4n) is 7.02. The normalized spacial score (nSPS) is 20.6. The minimum absolute atomic E-state index is 0.222. The Bertz CT molecular complexity index is 1600. The maximum atomic E-state index is 12.7. The molecule has 182 valence electrons. The second-order valence-electron chi connectivity index (χ2n) is 10.7. The van der Waals surface area contributed by atoms with Crippen LogP contribution in [0, 0.1) is 0 Å². The Morgan fingerprint density at radius 3 is 2.63 bits per heavy atom. The number of anilines is 1. The number of H-pyrrole nitrogens is 1. The van der Waals surface area contributed by atoms with Gasteiger partial charge in [-0.2, -0.15) is 4.98 Å². The SMILES string of the molecule is Cn1c(=O)c2[nH]c(N3CCn4c5c(c6cc(C7CCCCC7)ccc64)CCCC53)nc2n(C)c1=O. The highest BCUT2D eigenvalue weighted by Gasteiger charge is 2.36. The lowest BCUT2D eigenvalue weighted by Gasteiger charge is -2.39. The van der Waals surface area contributed by atoms with E-state index in [4.69, 9.17) is 4.98 Å². The van der Waals surface area contributed by atoms with Crippen LogP contribution in [0.3, 0.4) is 0 Å². The quantitative estimate of drug-likeness (QED) is 0.480. The third kappa shape index (κ3) is 2.95. The molecule has 1 fully saturated rings. The van der Waals surface area contributed by atoms with E-state index in [-0.39, 0.29) is 17.3 Å². The molecule has 4 heterocycles.